The molecule has 1 aliphatic heterocycles. The van der Waals surface area contributed by atoms with Crippen LogP contribution in [0.15, 0.2) is 24.3 Å². The summed E-state index contributed by atoms with van der Waals surface area (Å²) in [5, 5.41) is 0. The van der Waals surface area contributed by atoms with Gasteiger partial charge in [0.15, 0.2) is 9.84 Å². The summed E-state index contributed by atoms with van der Waals surface area (Å²) in [6, 6.07) is 8.52. The minimum absolute atomic E-state index is 0.0209. The van der Waals surface area contributed by atoms with Gasteiger partial charge in [0, 0.05) is 18.6 Å². The average molecular weight is 310 g/mol. The van der Waals surface area contributed by atoms with Crippen LogP contribution < -0.4 is 5.73 Å². The Morgan fingerprint density at radius 2 is 2.05 bits per heavy atom. The van der Waals surface area contributed by atoms with Crippen LogP contribution in [0.4, 0.5) is 0 Å². The molecule has 1 fully saturated rings. The number of nitrogens with two attached hydrogens (primary N) is 1. The molecule has 0 bridgehead atoms. The molecule has 1 aromatic rings. The van der Waals surface area contributed by atoms with Gasteiger partial charge in [-0.05, 0) is 31.9 Å². The van der Waals surface area contributed by atoms with Crippen molar-refractivity contribution >= 4 is 9.84 Å². The van der Waals surface area contributed by atoms with E-state index in [-0.39, 0.29) is 17.8 Å². The first-order valence-corrected chi connectivity index (χ1v) is 9.51. The second-order valence-corrected chi connectivity index (χ2v) is 8.28. The maximum atomic E-state index is 11.8. The van der Waals surface area contributed by atoms with Crippen LogP contribution in [0.25, 0.3) is 0 Å². The molecule has 5 heteroatoms. The van der Waals surface area contributed by atoms with Crippen molar-refractivity contribution in [1.82, 2.24) is 4.90 Å². The number of hydrogen-bond donors (Lipinski definition) is 1. The van der Waals surface area contributed by atoms with Gasteiger partial charge in [0.1, 0.15) is 0 Å². The quantitative estimate of drug-likeness (QED) is 0.922. The molecular weight excluding hydrogens is 284 g/mol. The predicted octanol–water partition coefficient (Wildman–Crippen LogP) is 1.89. The molecule has 2 N–H and O–H groups in total. The van der Waals surface area contributed by atoms with Crippen molar-refractivity contribution in [3.63, 3.8) is 0 Å². The third-order valence-corrected chi connectivity index (χ3v) is 5.96. The Labute approximate surface area is 128 Å². The summed E-state index contributed by atoms with van der Waals surface area (Å²) in [6.45, 7) is 5.53. The molecule has 1 aromatic carbocycles. The zero-order chi connectivity index (χ0) is 15.5. The van der Waals surface area contributed by atoms with E-state index in [0.29, 0.717) is 18.7 Å². The van der Waals surface area contributed by atoms with Crippen LogP contribution in [0.2, 0.25) is 0 Å². The SMILES string of the molecule is CCC(N)C(c1cccc(C)c1)N1CCCS(=O)(=O)CC1. The van der Waals surface area contributed by atoms with E-state index >= 15 is 0 Å². The van der Waals surface area contributed by atoms with E-state index in [1.807, 2.05) is 0 Å². The predicted molar refractivity (Wildman–Crippen MR) is 87.0 cm³/mol. The highest BCUT2D eigenvalue weighted by Crippen LogP contribution is 2.27. The lowest BCUT2D eigenvalue weighted by Gasteiger charge is -2.34. The van der Waals surface area contributed by atoms with E-state index in [4.69, 9.17) is 5.73 Å². The molecule has 2 rings (SSSR count). The number of rotatable bonds is 4. The van der Waals surface area contributed by atoms with Gasteiger partial charge in [-0.2, -0.15) is 0 Å². The van der Waals surface area contributed by atoms with Gasteiger partial charge in [-0.1, -0.05) is 36.8 Å². The lowest BCUT2D eigenvalue weighted by atomic mass is 9.95. The second-order valence-electron chi connectivity index (χ2n) is 5.97. The first kappa shape index (κ1) is 16.5. The maximum absolute atomic E-state index is 11.8. The highest BCUT2D eigenvalue weighted by Gasteiger charge is 2.29. The summed E-state index contributed by atoms with van der Waals surface area (Å²) in [6.07, 6.45) is 1.57. The molecule has 2 atom stereocenters. The molecule has 0 aromatic heterocycles. The topological polar surface area (TPSA) is 63.4 Å². The molecule has 21 heavy (non-hydrogen) atoms. The van der Waals surface area contributed by atoms with E-state index in [1.54, 1.807) is 0 Å². The molecule has 4 nitrogen and oxygen atoms in total. The Kier molecular flexibility index (Phi) is 5.41. The van der Waals surface area contributed by atoms with Crippen molar-refractivity contribution in [3.8, 4) is 0 Å². The van der Waals surface area contributed by atoms with Gasteiger partial charge in [-0.25, -0.2) is 8.42 Å². The van der Waals surface area contributed by atoms with Crippen LogP contribution >= 0.6 is 0 Å². The Morgan fingerprint density at radius 1 is 1.29 bits per heavy atom. The molecule has 0 amide bonds. The lowest BCUT2D eigenvalue weighted by molar-refractivity contribution is 0.182. The second kappa shape index (κ2) is 6.90. The van der Waals surface area contributed by atoms with Crippen molar-refractivity contribution in [2.45, 2.75) is 38.8 Å². The van der Waals surface area contributed by atoms with Gasteiger partial charge in [-0.15, -0.1) is 0 Å². The fourth-order valence-electron chi connectivity index (χ4n) is 3.04. The summed E-state index contributed by atoms with van der Waals surface area (Å²) >= 11 is 0. The zero-order valence-electron chi connectivity index (χ0n) is 13.0. The lowest BCUT2D eigenvalue weighted by Crippen LogP contribution is -2.42. The highest BCUT2D eigenvalue weighted by molar-refractivity contribution is 7.91. The number of benzene rings is 1. The van der Waals surface area contributed by atoms with E-state index in [2.05, 4.69) is 43.0 Å². The Bertz CT molecular complexity index is 571. The zero-order valence-corrected chi connectivity index (χ0v) is 13.8. The van der Waals surface area contributed by atoms with E-state index in [9.17, 15) is 8.42 Å². The van der Waals surface area contributed by atoms with Gasteiger partial charge in [0.05, 0.1) is 11.5 Å². The molecule has 1 saturated heterocycles. The molecule has 2 unspecified atom stereocenters. The van der Waals surface area contributed by atoms with Crippen molar-refractivity contribution in [2.75, 3.05) is 24.6 Å². The number of nitrogens with zero attached hydrogens (tertiary/aromatic N) is 1. The largest absolute Gasteiger partial charge is 0.326 e. The van der Waals surface area contributed by atoms with E-state index in [1.165, 1.54) is 11.1 Å². The van der Waals surface area contributed by atoms with Gasteiger partial charge < -0.3 is 5.73 Å². The fourth-order valence-corrected chi connectivity index (χ4v) is 4.33. The van der Waals surface area contributed by atoms with Crippen LogP contribution in [0, 0.1) is 6.92 Å². The van der Waals surface area contributed by atoms with Crippen molar-refractivity contribution in [2.24, 2.45) is 5.73 Å². The Balaban J connectivity index is 2.28. The van der Waals surface area contributed by atoms with E-state index < -0.39 is 9.84 Å². The normalized spacial score (nSPS) is 22.4. The molecule has 0 spiro atoms. The summed E-state index contributed by atoms with van der Waals surface area (Å²) in [7, 11) is -2.89. The Morgan fingerprint density at radius 3 is 2.71 bits per heavy atom. The molecule has 0 saturated carbocycles. The van der Waals surface area contributed by atoms with Gasteiger partial charge in [0.2, 0.25) is 0 Å². The smallest absolute Gasteiger partial charge is 0.151 e. The highest BCUT2D eigenvalue weighted by atomic mass is 32.2. The average Bonchev–Trinajstić information content (AvgIpc) is 2.60. The van der Waals surface area contributed by atoms with Gasteiger partial charge in [0.25, 0.3) is 0 Å². The number of hydrogen-bond acceptors (Lipinski definition) is 4. The van der Waals surface area contributed by atoms with Crippen molar-refractivity contribution in [1.29, 1.82) is 0 Å². The Hall–Kier alpha value is -0.910. The number of aryl methyl sites for hydroxylation is 1. The fraction of sp³-hybridized carbons (Fsp3) is 0.625. The van der Waals surface area contributed by atoms with E-state index in [0.717, 1.165) is 13.0 Å². The van der Waals surface area contributed by atoms with Gasteiger partial charge in [-0.3, -0.25) is 4.90 Å². The first-order chi connectivity index (χ1) is 9.93. The summed E-state index contributed by atoms with van der Waals surface area (Å²) < 4.78 is 23.6. The standard InChI is InChI=1S/C16H26N2O2S/c1-3-15(17)16(14-7-4-6-13(2)12-14)18-8-5-10-21(19,20)11-9-18/h4,6-7,12,15-16H,3,5,8-11,17H2,1-2H3. The molecule has 0 aliphatic carbocycles. The van der Waals surface area contributed by atoms with Crippen molar-refractivity contribution < 1.29 is 8.42 Å². The minimum Gasteiger partial charge on any atom is -0.326 e. The van der Waals surface area contributed by atoms with Crippen LogP contribution in [0.5, 0.6) is 0 Å². The summed E-state index contributed by atoms with van der Waals surface area (Å²) in [5.74, 6) is 0.539. The maximum Gasteiger partial charge on any atom is 0.151 e. The summed E-state index contributed by atoms with van der Waals surface area (Å²) in [4.78, 5) is 2.26. The molecule has 118 valence electrons. The van der Waals surface area contributed by atoms with Crippen LogP contribution in [-0.4, -0.2) is 44.0 Å². The minimum atomic E-state index is -2.89. The molecule has 0 radical (unpaired) electrons. The first-order valence-electron chi connectivity index (χ1n) is 7.69. The van der Waals surface area contributed by atoms with Crippen molar-refractivity contribution in [3.05, 3.63) is 35.4 Å². The third kappa shape index (κ3) is 4.28. The van der Waals surface area contributed by atoms with Crippen LogP contribution in [-0.2, 0) is 9.84 Å². The molecule has 1 heterocycles. The molecule has 1 aliphatic rings. The van der Waals surface area contributed by atoms with Gasteiger partial charge >= 0.3 is 0 Å². The number of sulfone groups is 1. The third-order valence-electron chi connectivity index (χ3n) is 4.24. The monoisotopic (exact) mass is 310 g/mol. The molecular formula is C16H26N2O2S. The van der Waals surface area contributed by atoms with Crippen LogP contribution in [0.3, 0.4) is 0 Å². The van der Waals surface area contributed by atoms with Crippen LogP contribution in [0.1, 0.15) is 36.9 Å². The summed E-state index contributed by atoms with van der Waals surface area (Å²) in [5.41, 5.74) is 8.77.